The smallest absolute Gasteiger partial charge is 0.338 e. The predicted octanol–water partition coefficient (Wildman–Crippen LogP) is 1.85. The van der Waals surface area contributed by atoms with Crippen molar-refractivity contribution in [1.82, 2.24) is 0 Å². The van der Waals surface area contributed by atoms with E-state index in [4.69, 9.17) is 5.73 Å². The Morgan fingerprint density at radius 2 is 2.11 bits per heavy atom. The first-order valence-electron chi connectivity index (χ1n) is 6.25. The molecule has 19 heavy (non-hydrogen) atoms. The summed E-state index contributed by atoms with van der Waals surface area (Å²) in [5.41, 5.74) is 7.44. The number of rotatable bonds is 5. The van der Waals surface area contributed by atoms with Crippen LogP contribution < -0.4 is 11.1 Å². The Morgan fingerprint density at radius 1 is 1.42 bits per heavy atom. The summed E-state index contributed by atoms with van der Waals surface area (Å²) in [6, 6.07) is 4.55. The lowest BCUT2D eigenvalue weighted by Gasteiger charge is -2.14. The van der Waals surface area contributed by atoms with Gasteiger partial charge in [-0.2, -0.15) is 0 Å². The van der Waals surface area contributed by atoms with Crippen molar-refractivity contribution in [2.75, 3.05) is 12.4 Å². The molecule has 0 saturated heterocycles. The van der Waals surface area contributed by atoms with Gasteiger partial charge in [0, 0.05) is 5.69 Å². The fraction of sp³-hybridized carbons (Fsp3) is 0.429. The van der Waals surface area contributed by atoms with E-state index in [0.29, 0.717) is 23.2 Å². The minimum Gasteiger partial charge on any atom is -0.465 e. The average Bonchev–Trinajstić information content (AvgIpc) is 2.40. The number of nitrogens with one attached hydrogen (secondary N) is 1. The third kappa shape index (κ3) is 3.79. The fourth-order valence-electron chi connectivity index (χ4n) is 1.77. The molecule has 104 valence electrons. The van der Waals surface area contributed by atoms with Crippen LogP contribution in [0.3, 0.4) is 0 Å². The second-order valence-corrected chi connectivity index (χ2v) is 4.35. The highest BCUT2D eigenvalue weighted by Crippen LogP contribution is 2.20. The number of methoxy groups -OCH3 is 1. The first kappa shape index (κ1) is 15.2. The van der Waals surface area contributed by atoms with E-state index in [1.165, 1.54) is 7.11 Å². The molecule has 0 saturated carbocycles. The second-order valence-electron chi connectivity index (χ2n) is 4.35. The highest BCUT2D eigenvalue weighted by atomic mass is 16.5. The number of anilines is 1. The van der Waals surface area contributed by atoms with Gasteiger partial charge in [-0.05, 0) is 31.0 Å². The molecule has 1 aromatic carbocycles. The molecule has 0 bridgehead atoms. The summed E-state index contributed by atoms with van der Waals surface area (Å²) in [6.45, 7) is 3.73. The Hall–Kier alpha value is -1.88. The van der Waals surface area contributed by atoms with E-state index >= 15 is 0 Å². The normalized spacial score (nSPS) is 11.8. The molecule has 1 unspecified atom stereocenters. The Labute approximate surface area is 113 Å². The van der Waals surface area contributed by atoms with Crippen LogP contribution in [0.15, 0.2) is 18.2 Å². The quantitative estimate of drug-likeness (QED) is 0.795. The molecular formula is C14H20N2O3. The van der Waals surface area contributed by atoms with Gasteiger partial charge in [-0.3, -0.25) is 4.79 Å². The van der Waals surface area contributed by atoms with Crippen LogP contribution in [0.2, 0.25) is 0 Å². The van der Waals surface area contributed by atoms with Crippen LogP contribution in [0.25, 0.3) is 0 Å². The number of hydrogen-bond acceptors (Lipinski definition) is 4. The van der Waals surface area contributed by atoms with E-state index in [1.54, 1.807) is 25.1 Å². The zero-order valence-corrected chi connectivity index (χ0v) is 11.5. The Morgan fingerprint density at radius 3 is 2.68 bits per heavy atom. The number of carbonyl (C=O) groups is 2. The van der Waals surface area contributed by atoms with Crippen molar-refractivity contribution < 1.29 is 14.3 Å². The lowest BCUT2D eigenvalue weighted by atomic mass is 10.1. The van der Waals surface area contributed by atoms with Gasteiger partial charge in [0.1, 0.15) is 0 Å². The van der Waals surface area contributed by atoms with Gasteiger partial charge in [0.05, 0.1) is 18.7 Å². The van der Waals surface area contributed by atoms with Crippen LogP contribution in [0.5, 0.6) is 0 Å². The van der Waals surface area contributed by atoms with Gasteiger partial charge < -0.3 is 15.8 Å². The number of carbonyl (C=O) groups excluding carboxylic acids is 2. The topological polar surface area (TPSA) is 81.4 Å². The van der Waals surface area contributed by atoms with Gasteiger partial charge in [-0.1, -0.05) is 19.4 Å². The zero-order chi connectivity index (χ0) is 14.4. The summed E-state index contributed by atoms with van der Waals surface area (Å²) in [5, 5.41) is 2.74. The van der Waals surface area contributed by atoms with Crippen molar-refractivity contribution in [3.05, 3.63) is 29.3 Å². The van der Waals surface area contributed by atoms with Crippen molar-refractivity contribution >= 4 is 17.6 Å². The number of benzene rings is 1. The summed E-state index contributed by atoms with van der Waals surface area (Å²) in [5.74, 6) is -0.668. The molecule has 0 aliphatic carbocycles. The van der Waals surface area contributed by atoms with Crippen molar-refractivity contribution in [2.45, 2.75) is 32.7 Å². The van der Waals surface area contributed by atoms with Crippen LogP contribution in [-0.2, 0) is 9.53 Å². The van der Waals surface area contributed by atoms with Gasteiger partial charge >= 0.3 is 5.97 Å². The van der Waals surface area contributed by atoms with E-state index < -0.39 is 12.0 Å². The van der Waals surface area contributed by atoms with Crippen LogP contribution >= 0.6 is 0 Å². The molecule has 3 N–H and O–H groups in total. The van der Waals surface area contributed by atoms with Gasteiger partial charge in [0.25, 0.3) is 0 Å². The molecule has 0 spiro atoms. The monoisotopic (exact) mass is 264 g/mol. The first-order valence-corrected chi connectivity index (χ1v) is 6.25. The summed E-state index contributed by atoms with van der Waals surface area (Å²) in [4.78, 5) is 23.4. The SMILES string of the molecule is CCCC(N)C(=O)Nc1cccc(C(=O)OC)c1C. The Kier molecular flexibility index (Phi) is 5.51. The third-order valence-corrected chi connectivity index (χ3v) is 2.93. The molecule has 0 aromatic heterocycles. The van der Waals surface area contributed by atoms with Gasteiger partial charge in [-0.15, -0.1) is 0 Å². The molecule has 0 aliphatic rings. The predicted molar refractivity (Wildman–Crippen MR) is 74.0 cm³/mol. The van der Waals surface area contributed by atoms with Crippen molar-refractivity contribution in [3.8, 4) is 0 Å². The molecule has 0 radical (unpaired) electrons. The van der Waals surface area contributed by atoms with E-state index in [9.17, 15) is 9.59 Å². The minimum atomic E-state index is -0.536. The van der Waals surface area contributed by atoms with Crippen molar-refractivity contribution in [1.29, 1.82) is 0 Å². The fourth-order valence-corrected chi connectivity index (χ4v) is 1.77. The molecule has 1 aromatic rings. The van der Waals surface area contributed by atoms with E-state index in [1.807, 2.05) is 6.92 Å². The lowest BCUT2D eigenvalue weighted by molar-refractivity contribution is -0.117. The summed E-state index contributed by atoms with van der Waals surface area (Å²) >= 11 is 0. The zero-order valence-electron chi connectivity index (χ0n) is 11.5. The molecule has 5 nitrogen and oxygen atoms in total. The Bertz CT molecular complexity index is 472. The first-order chi connectivity index (χ1) is 9.01. The molecule has 1 rings (SSSR count). The lowest BCUT2D eigenvalue weighted by Crippen LogP contribution is -2.35. The third-order valence-electron chi connectivity index (χ3n) is 2.93. The average molecular weight is 264 g/mol. The van der Waals surface area contributed by atoms with Gasteiger partial charge in [0.15, 0.2) is 0 Å². The number of ether oxygens (including phenoxy) is 1. The van der Waals surface area contributed by atoms with Crippen LogP contribution in [0.4, 0.5) is 5.69 Å². The van der Waals surface area contributed by atoms with E-state index in [-0.39, 0.29) is 5.91 Å². The van der Waals surface area contributed by atoms with E-state index in [2.05, 4.69) is 10.1 Å². The summed E-state index contributed by atoms with van der Waals surface area (Å²) < 4.78 is 4.69. The summed E-state index contributed by atoms with van der Waals surface area (Å²) in [7, 11) is 1.32. The molecule has 5 heteroatoms. The maximum atomic E-state index is 11.9. The van der Waals surface area contributed by atoms with Crippen LogP contribution in [-0.4, -0.2) is 25.0 Å². The van der Waals surface area contributed by atoms with Gasteiger partial charge in [-0.25, -0.2) is 4.79 Å². The minimum absolute atomic E-state index is 0.244. The molecule has 1 amide bonds. The highest BCUT2D eigenvalue weighted by Gasteiger charge is 2.16. The number of hydrogen-bond donors (Lipinski definition) is 2. The molecule has 0 aliphatic heterocycles. The summed E-state index contributed by atoms with van der Waals surface area (Å²) in [6.07, 6.45) is 1.47. The number of amides is 1. The molecule has 0 fully saturated rings. The number of nitrogens with two attached hydrogens (primary N) is 1. The molecular weight excluding hydrogens is 244 g/mol. The standard InChI is InChI=1S/C14H20N2O3/c1-4-6-11(15)13(17)16-12-8-5-7-10(9(12)2)14(18)19-3/h5,7-8,11H,4,6,15H2,1-3H3,(H,16,17). The van der Waals surface area contributed by atoms with Crippen LogP contribution in [0.1, 0.15) is 35.7 Å². The van der Waals surface area contributed by atoms with Crippen molar-refractivity contribution in [2.24, 2.45) is 5.73 Å². The second kappa shape index (κ2) is 6.89. The van der Waals surface area contributed by atoms with Crippen LogP contribution in [0, 0.1) is 6.92 Å². The Balaban J connectivity index is 2.90. The van der Waals surface area contributed by atoms with Gasteiger partial charge in [0.2, 0.25) is 5.91 Å². The maximum absolute atomic E-state index is 11.9. The largest absolute Gasteiger partial charge is 0.465 e. The van der Waals surface area contributed by atoms with E-state index in [0.717, 1.165) is 6.42 Å². The highest BCUT2D eigenvalue weighted by molar-refractivity contribution is 5.98. The maximum Gasteiger partial charge on any atom is 0.338 e. The molecule has 1 atom stereocenters. The van der Waals surface area contributed by atoms with Crippen molar-refractivity contribution in [3.63, 3.8) is 0 Å². The number of esters is 1. The molecule has 0 heterocycles.